The fourth-order valence-electron chi connectivity index (χ4n) is 2.34. The summed E-state index contributed by atoms with van der Waals surface area (Å²) in [6, 6.07) is 16.5. The molecule has 4 heteroatoms. The Morgan fingerprint density at radius 1 is 1.10 bits per heavy atom. The average Bonchev–Trinajstić information content (AvgIpc) is 2.47. The first kappa shape index (κ1) is 14.2. The molecular weight excluding hydrogens is 252 g/mol. The third kappa shape index (κ3) is 3.22. The first-order valence-electron chi connectivity index (χ1n) is 6.62. The minimum absolute atomic E-state index is 0.124. The van der Waals surface area contributed by atoms with Crippen LogP contribution in [0.1, 0.15) is 24.1 Å². The van der Waals surface area contributed by atoms with E-state index in [1.54, 1.807) is 12.1 Å². The van der Waals surface area contributed by atoms with Crippen molar-refractivity contribution in [3.63, 3.8) is 0 Å². The molecule has 0 aliphatic rings. The van der Waals surface area contributed by atoms with Crippen LogP contribution >= 0.6 is 0 Å². The molecule has 0 amide bonds. The van der Waals surface area contributed by atoms with Crippen LogP contribution in [0, 0.1) is 16.0 Å². The lowest BCUT2D eigenvalue weighted by Crippen LogP contribution is -2.21. The van der Waals surface area contributed by atoms with Gasteiger partial charge in [0.05, 0.1) is 4.92 Å². The van der Waals surface area contributed by atoms with Gasteiger partial charge in [0, 0.05) is 17.7 Å². The van der Waals surface area contributed by atoms with E-state index in [0.29, 0.717) is 6.42 Å². The maximum absolute atomic E-state index is 11.0. The molecule has 0 saturated carbocycles. The maximum atomic E-state index is 11.0. The van der Waals surface area contributed by atoms with Crippen LogP contribution in [0.15, 0.2) is 54.6 Å². The Morgan fingerprint density at radius 3 is 2.35 bits per heavy atom. The van der Waals surface area contributed by atoms with Crippen molar-refractivity contribution in [3.05, 3.63) is 75.8 Å². The molecular formula is C16H18N2O2. The van der Waals surface area contributed by atoms with Gasteiger partial charge in [-0.1, -0.05) is 55.5 Å². The number of nitro benzene ring substituents is 1. The number of nitrogens with two attached hydrogens (primary N) is 1. The molecule has 2 atom stereocenters. The van der Waals surface area contributed by atoms with Gasteiger partial charge in [-0.05, 0) is 17.9 Å². The van der Waals surface area contributed by atoms with Crippen LogP contribution in [0.5, 0.6) is 0 Å². The predicted octanol–water partition coefficient (Wildman–Crippen LogP) is 3.47. The number of nitro groups is 1. The van der Waals surface area contributed by atoms with Gasteiger partial charge < -0.3 is 5.73 Å². The summed E-state index contributed by atoms with van der Waals surface area (Å²) in [6.45, 7) is 2.02. The summed E-state index contributed by atoms with van der Waals surface area (Å²) in [4.78, 5) is 10.7. The predicted molar refractivity (Wildman–Crippen MR) is 79.3 cm³/mol. The number of para-hydroxylation sites is 1. The summed E-state index contributed by atoms with van der Waals surface area (Å²) in [6.07, 6.45) is 0.590. The van der Waals surface area contributed by atoms with E-state index < -0.39 is 0 Å². The van der Waals surface area contributed by atoms with Crippen LogP contribution in [0.2, 0.25) is 0 Å². The molecule has 2 unspecified atom stereocenters. The Morgan fingerprint density at radius 2 is 1.70 bits per heavy atom. The van der Waals surface area contributed by atoms with Crippen molar-refractivity contribution in [1.29, 1.82) is 0 Å². The monoisotopic (exact) mass is 270 g/mol. The summed E-state index contributed by atoms with van der Waals surface area (Å²) >= 11 is 0. The minimum Gasteiger partial charge on any atom is -0.324 e. The number of hydrogen-bond acceptors (Lipinski definition) is 3. The largest absolute Gasteiger partial charge is 0.324 e. The van der Waals surface area contributed by atoms with Crippen molar-refractivity contribution >= 4 is 5.69 Å². The highest BCUT2D eigenvalue weighted by Crippen LogP contribution is 2.26. The van der Waals surface area contributed by atoms with Gasteiger partial charge >= 0.3 is 0 Å². The quantitative estimate of drug-likeness (QED) is 0.668. The molecule has 0 heterocycles. The van der Waals surface area contributed by atoms with Crippen molar-refractivity contribution in [2.75, 3.05) is 0 Å². The fourth-order valence-corrected chi connectivity index (χ4v) is 2.34. The molecule has 104 valence electrons. The molecule has 2 rings (SSSR count). The van der Waals surface area contributed by atoms with E-state index in [-0.39, 0.29) is 22.6 Å². The number of rotatable bonds is 5. The Balaban J connectivity index is 2.16. The van der Waals surface area contributed by atoms with Crippen LogP contribution in [0.4, 0.5) is 5.69 Å². The van der Waals surface area contributed by atoms with Crippen molar-refractivity contribution < 1.29 is 4.92 Å². The highest BCUT2D eigenvalue weighted by molar-refractivity contribution is 5.40. The zero-order valence-electron chi connectivity index (χ0n) is 11.4. The number of hydrogen-bond donors (Lipinski definition) is 1. The Labute approximate surface area is 118 Å². The summed E-state index contributed by atoms with van der Waals surface area (Å²) in [5, 5.41) is 11.0. The van der Waals surface area contributed by atoms with E-state index >= 15 is 0 Å². The molecule has 0 fully saturated rings. The average molecular weight is 270 g/mol. The molecule has 0 saturated heterocycles. The zero-order chi connectivity index (χ0) is 14.5. The molecule has 0 aromatic heterocycles. The van der Waals surface area contributed by atoms with Gasteiger partial charge in [0.2, 0.25) is 0 Å². The lowest BCUT2D eigenvalue weighted by molar-refractivity contribution is -0.385. The Bertz CT molecular complexity index is 584. The van der Waals surface area contributed by atoms with Crippen LogP contribution in [0.25, 0.3) is 0 Å². The minimum atomic E-state index is -0.337. The summed E-state index contributed by atoms with van der Waals surface area (Å²) in [5.41, 5.74) is 8.20. The maximum Gasteiger partial charge on any atom is 0.272 e. The number of nitrogens with zero attached hydrogens (tertiary/aromatic N) is 1. The Hall–Kier alpha value is -2.20. The van der Waals surface area contributed by atoms with Crippen LogP contribution in [-0.2, 0) is 6.42 Å². The van der Waals surface area contributed by atoms with Gasteiger partial charge in [-0.2, -0.15) is 0 Å². The van der Waals surface area contributed by atoms with Gasteiger partial charge in [0.25, 0.3) is 5.69 Å². The molecule has 0 aliphatic carbocycles. The second kappa shape index (κ2) is 6.30. The highest BCUT2D eigenvalue weighted by atomic mass is 16.6. The molecule has 20 heavy (non-hydrogen) atoms. The highest BCUT2D eigenvalue weighted by Gasteiger charge is 2.19. The second-order valence-corrected chi connectivity index (χ2v) is 5.00. The smallest absolute Gasteiger partial charge is 0.272 e. The third-order valence-corrected chi connectivity index (χ3v) is 3.53. The van der Waals surface area contributed by atoms with Crippen LogP contribution in [0.3, 0.4) is 0 Å². The molecule has 2 N–H and O–H groups in total. The summed E-state index contributed by atoms with van der Waals surface area (Å²) < 4.78 is 0. The standard InChI is InChI=1S/C16H18N2O2/c1-12(16(17)13-7-3-2-4-8-13)11-14-9-5-6-10-15(14)18(19)20/h2-10,12,16H,11,17H2,1H3. The third-order valence-electron chi connectivity index (χ3n) is 3.53. The lowest BCUT2D eigenvalue weighted by Gasteiger charge is -2.20. The van der Waals surface area contributed by atoms with Gasteiger partial charge in [-0.15, -0.1) is 0 Å². The van der Waals surface area contributed by atoms with Crippen molar-refractivity contribution in [1.82, 2.24) is 0 Å². The first-order chi connectivity index (χ1) is 9.59. The molecule has 2 aromatic carbocycles. The Kier molecular flexibility index (Phi) is 4.48. The van der Waals surface area contributed by atoms with Gasteiger partial charge in [0.1, 0.15) is 0 Å². The van der Waals surface area contributed by atoms with Gasteiger partial charge in [-0.25, -0.2) is 0 Å². The molecule has 0 bridgehead atoms. The molecule has 0 aliphatic heterocycles. The van der Waals surface area contributed by atoms with E-state index in [1.807, 2.05) is 43.3 Å². The topological polar surface area (TPSA) is 69.2 Å². The van der Waals surface area contributed by atoms with Crippen molar-refractivity contribution in [3.8, 4) is 0 Å². The molecule has 2 aromatic rings. The van der Waals surface area contributed by atoms with Crippen LogP contribution in [-0.4, -0.2) is 4.92 Å². The first-order valence-corrected chi connectivity index (χ1v) is 6.62. The van der Waals surface area contributed by atoms with Crippen LogP contribution < -0.4 is 5.73 Å². The molecule has 0 spiro atoms. The zero-order valence-corrected chi connectivity index (χ0v) is 11.4. The SMILES string of the molecule is CC(Cc1ccccc1[N+](=O)[O-])C(N)c1ccccc1. The van der Waals surface area contributed by atoms with E-state index in [4.69, 9.17) is 5.73 Å². The van der Waals surface area contributed by atoms with Crippen molar-refractivity contribution in [2.45, 2.75) is 19.4 Å². The normalized spacial score (nSPS) is 13.7. The molecule has 4 nitrogen and oxygen atoms in total. The lowest BCUT2D eigenvalue weighted by atomic mass is 9.89. The van der Waals surface area contributed by atoms with Crippen molar-refractivity contribution in [2.24, 2.45) is 11.7 Å². The number of benzene rings is 2. The summed E-state index contributed by atoms with van der Waals surface area (Å²) in [7, 11) is 0. The van der Waals surface area contributed by atoms with Gasteiger partial charge in [0.15, 0.2) is 0 Å². The van der Waals surface area contributed by atoms with E-state index in [2.05, 4.69) is 0 Å². The summed E-state index contributed by atoms with van der Waals surface area (Å²) in [5.74, 6) is 0.124. The second-order valence-electron chi connectivity index (χ2n) is 5.00. The molecule has 0 radical (unpaired) electrons. The van der Waals surface area contributed by atoms with E-state index in [9.17, 15) is 10.1 Å². The fraction of sp³-hybridized carbons (Fsp3) is 0.250. The van der Waals surface area contributed by atoms with E-state index in [1.165, 1.54) is 6.07 Å². The van der Waals surface area contributed by atoms with E-state index in [0.717, 1.165) is 11.1 Å². The van der Waals surface area contributed by atoms with Gasteiger partial charge in [-0.3, -0.25) is 10.1 Å².